The molecule has 0 aromatic carbocycles. The second-order valence-electron chi connectivity index (χ2n) is 6.15. The van der Waals surface area contributed by atoms with E-state index in [-0.39, 0.29) is 0 Å². The van der Waals surface area contributed by atoms with Crippen LogP contribution in [0.1, 0.15) is 45.4 Å². The van der Waals surface area contributed by atoms with E-state index in [1.807, 2.05) is 11.8 Å². The Hall–Kier alpha value is -0.420. The van der Waals surface area contributed by atoms with E-state index in [9.17, 15) is 0 Å². The molecule has 2 rings (SSSR count). The molecule has 1 heterocycles. The van der Waals surface area contributed by atoms with Crippen molar-refractivity contribution >= 4 is 17.7 Å². The van der Waals surface area contributed by atoms with E-state index < -0.39 is 0 Å². The van der Waals surface area contributed by atoms with Crippen molar-refractivity contribution in [2.45, 2.75) is 57.5 Å². The Kier molecular flexibility index (Phi) is 7.72. The summed E-state index contributed by atoms with van der Waals surface area (Å²) in [6, 6.07) is 1.52. The van der Waals surface area contributed by atoms with Crippen LogP contribution < -0.4 is 10.6 Å². The average Bonchev–Trinajstić information content (AvgIpc) is 3.33. The highest BCUT2D eigenvalue weighted by molar-refractivity contribution is 7.98. The van der Waals surface area contributed by atoms with Gasteiger partial charge in [0.05, 0.1) is 0 Å². The van der Waals surface area contributed by atoms with Crippen LogP contribution in [-0.4, -0.2) is 61.1 Å². The summed E-state index contributed by atoms with van der Waals surface area (Å²) in [7, 11) is 0. The lowest BCUT2D eigenvalue weighted by molar-refractivity contribution is 0.197. The Labute approximate surface area is 134 Å². The number of nitrogens with one attached hydrogen (secondary N) is 2. The first kappa shape index (κ1) is 16.9. The van der Waals surface area contributed by atoms with Gasteiger partial charge < -0.3 is 15.5 Å². The van der Waals surface area contributed by atoms with E-state index >= 15 is 0 Å². The summed E-state index contributed by atoms with van der Waals surface area (Å²) < 4.78 is 0. The van der Waals surface area contributed by atoms with Crippen molar-refractivity contribution in [1.82, 2.24) is 15.5 Å². The Balaban J connectivity index is 1.67. The molecule has 5 heteroatoms. The van der Waals surface area contributed by atoms with Crippen molar-refractivity contribution < 1.29 is 0 Å². The third-order valence-electron chi connectivity index (χ3n) is 4.30. The van der Waals surface area contributed by atoms with Crippen LogP contribution in [0.15, 0.2) is 4.99 Å². The Bertz CT molecular complexity index is 309. The number of unbranched alkanes of at least 4 members (excludes halogenated alkanes) is 1. The van der Waals surface area contributed by atoms with Gasteiger partial charge in [0.15, 0.2) is 5.96 Å². The lowest BCUT2D eigenvalue weighted by Crippen LogP contribution is -2.49. The molecule has 0 amide bonds. The largest absolute Gasteiger partial charge is 0.357 e. The highest BCUT2D eigenvalue weighted by Crippen LogP contribution is 2.29. The van der Waals surface area contributed by atoms with Gasteiger partial charge in [-0.1, -0.05) is 0 Å². The van der Waals surface area contributed by atoms with Crippen molar-refractivity contribution in [2.75, 3.05) is 38.2 Å². The highest BCUT2D eigenvalue weighted by Gasteiger charge is 2.31. The standard InChI is InChI=1S/C16H32N4S/c1-3-17-16(18-10-4-5-13-21-2)19-14-8-11-20(12-9-14)15-6-7-15/h14-15H,3-13H2,1-2H3,(H2,17,18,19). The van der Waals surface area contributed by atoms with Gasteiger partial charge in [0, 0.05) is 38.3 Å². The topological polar surface area (TPSA) is 39.7 Å². The quantitative estimate of drug-likeness (QED) is 0.410. The third kappa shape index (κ3) is 6.47. The lowest BCUT2D eigenvalue weighted by atomic mass is 10.1. The molecule has 1 saturated carbocycles. The molecule has 1 aliphatic heterocycles. The average molecular weight is 313 g/mol. The summed E-state index contributed by atoms with van der Waals surface area (Å²) in [6.07, 6.45) is 10.0. The molecule has 2 aliphatic rings. The number of hydrogen-bond acceptors (Lipinski definition) is 3. The van der Waals surface area contributed by atoms with Crippen molar-refractivity contribution in [2.24, 2.45) is 4.99 Å². The monoisotopic (exact) mass is 312 g/mol. The first-order valence-corrected chi connectivity index (χ1v) is 10.0. The number of thioether (sulfide) groups is 1. The van der Waals surface area contributed by atoms with Gasteiger partial charge in [-0.3, -0.25) is 4.99 Å². The van der Waals surface area contributed by atoms with E-state index in [2.05, 4.69) is 28.7 Å². The zero-order chi connectivity index (χ0) is 14.9. The fourth-order valence-corrected chi connectivity index (χ4v) is 3.40. The second kappa shape index (κ2) is 9.57. The molecular formula is C16H32N4S. The Morgan fingerprint density at radius 2 is 1.95 bits per heavy atom. The van der Waals surface area contributed by atoms with Crippen LogP contribution >= 0.6 is 11.8 Å². The molecule has 122 valence electrons. The van der Waals surface area contributed by atoms with Crippen LogP contribution in [0.5, 0.6) is 0 Å². The smallest absolute Gasteiger partial charge is 0.191 e. The molecule has 4 nitrogen and oxygen atoms in total. The van der Waals surface area contributed by atoms with Crippen molar-refractivity contribution in [3.8, 4) is 0 Å². The molecule has 1 aliphatic carbocycles. The SMILES string of the molecule is CCNC(=NCCCCSC)NC1CCN(C2CC2)CC1. The zero-order valence-electron chi connectivity index (χ0n) is 13.7. The number of guanidine groups is 1. The third-order valence-corrected chi connectivity index (χ3v) is 5.00. The Morgan fingerprint density at radius 3 is 2.57 bits per heavy atom. The van der Waals surface area contributed by atoms with Gasteiger partial charge in [0.2, 0.25) is 0 Å². The van der Waals surface area contributed by atoms with E-state index in [0.717, 1.165) is 25.1 Å². The number of rotatable bonds is 8. The first-order valence-electron chi connectivity index (χ1n) is 8.61. The summed E-state index contributed by atoms with van der Waals surface area (Å²) in [6.45, 7) is 6.54. The molecule has 0 aromatic heterocycles. The van der Waals surface area contributed by atoms with Crippen LogP contribution in [0.3, 0.4) is 0 Å². The van der Waals surface area contributed by atoms with Gasteiger partial charge in [-0.15, -0.1) is 0 Å². The van der Waals surface area contributed by atoms with Crippen molar-refractivity contribution in [3.05, 3.63) is 0 Å². The summed E-state index contributed by atoms with van der Waals surface area (Å²) >= 11 is 1.92. The number of piperidine rings is 1. The minimum absolute atomic E-state index is 0.601. The molecule has 0 radical (unpaired) electrons. The lowest BCUT2D eigenvalue weighted by Gasteiger charge is -2.33. The summed E-state index contributed by atoms with van der Waals surface area (Å²) in [4.78, 5) is 7.39. The normalized spacial score (nSPS) is 21.5. The van der Waals surface area contributed by atoms with Gasteiger partial charge in [0.1, 0.15) is 0 Å². The minimum atomic E-state index is 0.601. The summed E-state index contributed by atoms with van der Waals surface area (Å²) in [5, 5.41) is 7.02. The summed E-state index contributed by atoms with van der Waals surface area (Å²) in [5.74, 6) is 2.27. The fourth-order valence-electron chi connectivity index (χ4n) is 2.91. The van der Waals surface area contributed by atoms with Gasteiger partial charge in [-0.25, -0.2) is 0 Å². The maximum Gasteiger partial charge on any atom is 0.191 e. The molecular weight excluding hydrogens is 280 g/mol. The predicted molar refractivity (Wildman–Crippen MR) is 94.3 cm³/mol. The number of likely N-dealkylation sites (tertiary alicyclic amines) is 1. The number of hydrogen-bond donors (Lipinski definition) is 2. The summed E-state index contributed by atoms with van der Waals surface area (Å²) in [5.41, 5.74) is 0. The number of aliphatic imine (C=N–C) groups is 1. The van der Waals surface area contributed by atoms with Crippen molar-refractivity contribution in [1.29, 1.82) is 0 Å². The Morgan fingerprint density at radius 1 is 1.19 bits per heavy atom. The second-order valence-corrected chi connectivity index (χ2v) is 7.13. The predicted octanol–water partition coefficient (Wildman–Crippen LogP) is 2.31. The van der Waals surface area contributed by atoms with Crippen LogP contribution in [0, 0.1) is 0 Å². The maximum atomic E-state index is 4.72. The molecule has 1 saturated heterocycles. The fraction of sp³-hybridized carbons (Fsp3) is 0.938. The van der Waals surface area contributed by atoms with E-state index in [1.54, 1.807) is 0 Å². The maximum absolute atomic E-state index is 4.72. The van der Waals surface area contributed by atoms with Crippen LogP contribution in [0.25, 0.3) is 0 Å². The highest BCUT2D eigenvalue weighted by atomic mass is 32.2. The van der Waals surface area contributed by atoms with Crippen LogP contribution in [-0.2, 0) is 0 Å². The van der Waals surface area contributed by atoms with E-state index in [1.165, 1.54) is 57.4 Å². The molecule has 0 atom stereocenters. The molecule has 2 fully saturated rings. The zero-order valence-corrected chi connectivity index (χ0v) is 14.6. The molecule has 2 N–H and O–H groups in total. The van der Waals surface area contributed by atoms with E-state index in [4.69, 9.17) is 4.99 Å². The molecule has 0 bridgehead atoms. The van der Waals surface area contributed by atoms with Gasteiger partial charge in [0.25, 0.3) is 0 Å². The van der Waals surface area contributed by atoms with Gasteiger partial charge in [-0.2, -0.15) is 11.8 Å². The molecule has 0 unspecified atom stereocenters. The van der Waals surface area contributed by atoms with Crippen LogP contribution in [0.4, 0.5) is 0 Å². The molecule has 0 aromatic rings. The van der Waals surface area contributed by atoms with Crippen molar-refractivity contribution in [3.63, 3.8) is 0 Å². The molecule has 21 heavy (non-hydrogen) atoms. The van der Waals surface area contributed by atoms with Gasteiger partial charge in [-0.05, 0) is 57.5 Å². The van der Waals surface area contributed by atoms with E-state index in [0.29, 0.717) is 6.04 Å². The number of nitrogens with zero attached hydrogens (tertiary/aromatic N) is 2. The van der Waals surface area contributed by atoms with Crippen LogP contribution in [0.2, 0.25) is 0 Å². The minimum Gasteiger partial charge on any atom is -0.357 e. The first-order chi connectivity index (χ1) is 10.3. The van der Waals surface area contributed by atoms with Gasteiger partial charge >= 0.3 is 0 Å². The molecule has 0 spiro atoms.